The molecular weight excluding hydrogens is 725 g/mol. The van der Waals surface area contributed by atoms with Gasteiger partial charge in [0.05, 0.1) is 19.2 Å². The van der Waals surface area contributed by atoms with Crippen molar-refractivity contribution in [1.29, 1.82) is 0 Å². The maximum atomic E-state index is 14.8. The molecule has 1 fully saturated rings. The second-order valence-electron chi connectivity index (χ2n) is 15.0. The Morgan fingerprint density at radius 3 is 1.67 bits per heavy atom. The zero-order valence-electron chi connectivity index (χ0n) is 33.4. The second-order valence-corrected chi connectivity index (χ2v) is 15.0. The SMILES string of the molecule is COc1ccc(CCN(C(=O)Nc2ccccc2)[C@H](Cc2ccccc2)CN(C(=O)Nc2ccccc2)[C@@H](CNC(=O)Nc2ccccc2)CC2CCCCC2)cc1. The lowest BCUT2D eigenvalue weighted by Gasteiger charge is -2.40. The molecule has 0 bridgehead atoms. The number of rotatable bonds is 17. The van der Waals surface area contributed by atoms with Crippen LogP contribution in [0.5, 0.6) is 5.75 Å². The Labute approximate surface area is 343 Å². The number of nitrogens with zero attached hydrogens (tertiary/aromatic N) is 2. The Morgan fingerprint density at radius 2 is 1.12 bits per heavy atom. The number of amides is 6. The normalized spacial score (nSPS) is 13.7. The molecule has 0 heterocycles. The number of anilines is 3. The summed E-state index contributed by atoms with van der Waals surface area (Å²) in [5.41, 5.74) is 4.13. The van der Waals surface area contributed by atoms with Crippen molar-refractivity contribution < 1.29 is 19.1 Å². The number of hydrogen-bond donors (Lipinski definition) is 4. The number of hydrogen-bond acceptors (Lipinski definition) is 4. The van der Waals surface area contributed by atoms with Gasteiger partial charge >= 0.3 is 18.1 Å². The minimum atomic E-state index is -0.446. The van der Waals surface area contributed by atoms with Crippen molar-refractivity contribution in [2.45, 2.75) is 63.5 Å². The summed E-state index contributed by atoms with van der Waals surface area (Å²) in [6.45, 7) is 0.844. The molecule has 0 saturated heterocycles. The maximum absolute atomic E-state index is 14.8. The van der Waals surface area contributed by atoms with E-state index in [0.717, 1.165) is 42.6 Å². The third kappa shape index (κ3) is 12.9. The number of methoxy groups -OCH3 is 1. The van der Waals surface area contributed by atoms with E-state index in [1.165, 1.54) is 6.42 Å². The Bertz CT molecular complexity index is 1980. The molecule has 1 saturated carbocycles. The predicted octanol–water partition coefficient (Wildman–Crippen LogP) is 10.1. The van der Waals surface area contributed by atoms with Crippen molar-refractivity contribution in [3.8, 4) is 5.75 Å². The van der Waals surface area contributed by atoms with Crippen molar-refractivity contribution >= 4 is 35.2 Å². The summed E-state index contributed by atoms with van der Waals surface area (Å²) in [4.78, 5) is 46.5. The number of para-hydroxylation sites is 3. The van der Waals surface area contributed by atoms with Crippen LogP contribution in [0.2, 0.25) is 0 Å². The first-order valence-electron chi connectivity index (χ1n) is 20.5. The highest BCUT2D eigenvalue weighted by Gasteiger charge is 2.34. The molecule has 10 heteroatoms. The van der Waals surface area contributed by atoms with Gasteiger partial charge in [0.2, 0.25) is 0 Å². The Balaban J connectivity index is 1.36. The summed E-state index contributed by atoms with van der Waals surface area (Å²) in [7, 11) is 1.64. The first-order chi connectivity index (χ1) is 28.4. The van der Waals surface area contributed by atoms with E-state index in [0.29, 0.717) is 48.8 Å². The van der Waals surface area contributed by atoms with E-state index in [2.05, 4.69) is 33.4 Å². The molecule has 1 aliphatic carbocycles. The fourth-order valence-corrected chi connectivity index (χ4v) is 7.75. The molecule has 0 unspecified atom stereocenters. The van der Waals surface area contributed by atoms with Gasteiger partial charge in [0.25, 0.3) is 0 Å². The van der Waals surface area contributed by atoms with E-state index in [-0.39, 0.29) is 37.2 Å². The molecule has 0 aromatic heterocycles. The van der Waals surface area contributed by atoms with Crippen LogP contribution in [-0.4, -0.2) is 66.7 Å². The molecule has 5 aromatic rings. The van der Waals surface area contributed by atoms with Crippen LogP contribution in [-0.2, 0) is 12.8 Å². The topological polar surface area (TPSA) is 115 Å². The molecule has 2 atom stereocenters. The molecule has 6 amide bonds. The fourth-order valence-electron chi connectivity index (χ4n) is 7.75. The molecule has 58 heavy (non-hydrogen) atoms. The van der Waals surface area contributed by atoms with Crippen LogP contribution < -0.4 is 26.0 Å². The number of benzene rings is 5. The van der Waals surface area contributed by atoms with E-state index < -0.39 is 6.04 Å². The highest BCUT2D eigenvalue weighted by Crippen LogP contribution is 2.30. The minimum Gasteiger partial charge on any atom is -0.497 e. The molecule has 10 nitrogen and oxygen atoms in total. The van der Waals surface area contributed by atoms with E-state index in [4.69, 9.17) is 4.74 Å². The highest BCUT2D eigenvalue weighted by molar-refractivity contribution is 5.91. The molecule has 0 aliphatic heterocycles. The average molecular weight is 781 g/mol. The number of carbonyl (C=O) groups excluding carboxylic acids is 3. The second kappa shape index (κ2) is 21.9. The lowest BCUT2D eigenvalue weighted by molar-refractivity contribution is 0.127. The van der Waals surface area contributed by atoms with E-state index >= 15 is 0 Å². The van der Waals surface area contributed by atoms with Crippen molar-refractivity contribution in [3.63, 3.8) is 0 Å². The average Bonchev–Trinajstić information content (AvgIpc) is 3.26. The van der Waals surface area contributed by atoms with Crippen LogP contribution in [0, 0.1) is 5.92 Å². The molecule has 302 valence electrons. The van der Waals surface area contributed by atoms with Crippen LogP contribution in [0.1, 0.15) is 49.7 Å². The van der Waals surface area contributed by atoms with E-state index in [1.807, 2.05) is 143 Å². The van der Waals surface area contributed by atoms with Crippen LogP contribution in [0.25, 0.3) is 0 Å². The summed E-state index contributed by atoms with van der Waals surface area (Å²) in [5.74, 6) is 1.16. The molecule has 6 rings (SSSR count). The van der Waals surface area contributed by atoms with Crippen LogP contribution in [0.4, 0.5) is 31.4 Å². The maximum Gasteiger partial charge on any atom is 0.322 e. The molecule has 0 radical (unpaired) electrons. The van der Waals surface area contributed by atoms with Crippen molar-refractivity contribution in [1.82, 2.24) is 15.1 Å². The van der Waals surface area contributed by atoms with E-state index in [9.17, 15) is 14.4 Å². The number of urea groups is 3. The lowest BCUT2D eigenvalue weighted by atomic mass is 9.84. The first kappa shape index (κ1) is 41.3. The monoisotopic (exact) mass is 780 g/mol. The zero-order valence-corrected chi connectivity index (χ0v) is 33.4. The molecule has 5 aromatic carbocycles. The Kier molecular flexibility index (Phi) is 15.6. The van der Waals surface area contributed by atoms with Crippen LogP contribution in [0.15, 0.2) is 146 Å². The summed E-state index contributed by atoms with van der Waals surface area (Å²) >= 11 is 0. The number of carbonyl (C=O) groups is 3. The lowest BCUT2D eigenvalue weighted by Crippen LogP contribution is -2.57. The summed E-state index contributed by atoms with van der Waals surface area (Å²) < 4.78 is 5.41. The predicted molar refractivity (Wildman–Crippen MR) is 233 cm³/mol. The van der Waals surface area contributed by atoms with Gasteiger partial charge in [0.1, 0.15) is 5.75 Å². The third-order valence-electron chi connectivity index (χ3n) is 10.8. The van der Waals surface area contributed by atoms with Crippen LogP contribution >= 0.6 is 0 Å². The summed E-state index contributed by atoms with van der Waals surface area (Å²) in [6, 6.07) is 44.5. The van der Waals surface area contributed by atoms with Gasteiger partial charge in [-0.15, -0.1) is 0 Å². The smallest absolute Gasteiger partial charge is 0.322 e. The zero-order chi connectivity index (χ0) is 40.4. The summed E-state index contributed by atoms with van der Waals surface area (Å²) in [5, 5.41) is 12.4. The first-order valence-corrected chi connectivity index (χ1v) is 20.5. The van der Waals surface area contributed by atoms with Crippen molar-refractivity contribution in [3.05, 3.63) is 157 Å². The number of ether oxygens (including phenoxy) is 1. The van der Waals surface area contributed by atoms with Crippen molar-refractivity contribution in [2.24, 2.45) is 5.92 Å². The van der Waals surface area contributed by atoms with Gasteiger partial charge in [-0.3, -0.25) is 0 Å². The van der Waals surface area contributed by atoms with Gasteiger partial charge in [-0.2, -0.15) is 0 Å². The Morgan fingerprint density at radius 1 is 0.603 bits per heavy atom. The van der Waals surface area contributed by atoms with Gasteiger partial charge in [0, 0.05) is 36.7 Å². The van der Waals surface area contributed by atoms with Crippen molar-refractivity contribution in [2.75, 3.05) is 42.7 Å². The minimum absolute atomic E-state index is 0.220. The molecule has 1 aliphatic rings. The fraction of sp³-hybridized carbons (Fsp3) is 0.312. The highest BCUT2D eigenvalue weighted by atomic mass is 16.5. The van der Waals surface area contributed by atoms with Gasteiger partial charge in [-0.1, -0.05) is 129 Å². The van der Waals surface area contributed by atoms with Gasteiger partial charge in [-0.25, -0.2) is 14.4 Å². The standard InChI is InChI=1S/C48H56N6O4/c1-58-45-29-27-37(28-30-45)31-32-53(47(56)51-41-23-13-5-14-24-41)44(34-39-19-9-3-10-20-39)36-54(48(57)52-42-25-15-6-16-26-42)43(33-38-17-7-2-8-18-38)35-49-46(55)50-40-21-11-4-12-22-40/h3-6,9-16,19-30,38,43-44H,2,7-8,17-18,31-36H2,1H3,(H,51,56)(H,52,57)(H2,49,50,55)/t43-,44-/m1/s1. The third-order valence-corrected chi connectivity index (χ3v) is 10.8. The van der Waals surface area contributed by atoms with Gasteiger partial charge in [0.15, 0.2) is 0 Å². The molecule has 0 spiro atoms. The quantitative estimate of drug-likeness (QED) is 0.0752. The Hall–Kier alpha value is -6.29. The summed E-state index contributed by atoms with van der Waals surface area (Å²) in [6.07, 6.45) is 7.43. The number of nitrogens with one attached hydrogen (secondary N) is 4. The van der Waals surface area contributed by atoms with E-state index in [1.54, 1.807) is 7.11 Å². The van der Waals surface area contributed by atoms with Gasteiger partial charge < -0.3 is 35.8 Å². The van der Waals surface area contributed by atoms with Crippen LogP contribution in [0.3, 0.4) is 0 Å². The molecular formula is C48H56N6O4. The largest absolute Gasteiger partial charge is 0.497 e. The molecule has 4 N–H and O–H groups in total. The van der Waals surface area contributed by atoms with Gasteiger partial charge in [-0.05, 0) is 84.8 Å².